The molecule has 0 saturated carbocycles. The van der Waals surface area contributed by atoms with Crippen LogP contribution in [0.3, 0.4) is 0 Å². The van der Waals surface area contributed by atoms with E-state index in [0.29, 0.717) is 5.56 Å². The maximum atomic E-state index is 12.8. The summed E-state index contributed by atoms with van der Waals surface area (Å²) in [6, 6.07) is 1.42. The topological polar surface area (TPSA) is 26.0 Å². The molecular formula is C7H6F2IN. The third-order valence-corrected chi connectivity index (χ3v) is 2.68. The molecule has 60 valence electrons. The van der Waals surface area contributed by atoms with E-state index in [9.17, 15) is 8.78 Å². The van der Waals surface area contributed by atoms with Gasteiger partial charge in [-0.3, -0.25) is 0 Å². The highest BCUT2D eigenvalue weighted by atomic mass is 127. The Labute approximate surface area is 76.7 Å². The third kappa shape index (κ3) is 1.45. The number of nitrogen functional groups attached to an aromatic ring is 1. The number of hydrogen-bond donors (Lipinski definition) is 1. The lowest BCUT2D eigenvalue weighted by molar-refractivity contribution is 0.506. The summed E-state index contributed by atoms with van der Waals surface area (Å²) in [5.74, 6) is -1.82. The van der Waals surface area contributed by atoms with Crippen LogP contribution in [-0.2, 0) is 0 Å². The van der Waals surface area contributed by atoms with Crippen molar-refractivity contribution >= 4 is 28.3 Å². The summed E-state index contributed by atoms with van der Waals surface area (Å²) >= 11 is 1.74. The molecule has 1 aromatic carbocycles. The van der Waals surface area contributed by atoms with Crippen molar-refractivity contribution in [2.45, 2.75) is 6.92 Å². The second kappa shape index (κ2) is 2.92. The van der Waals surface area contributed by atoms with Crippen LogP contribution in [0, 0.1) is 22.1 Å². The van der Waals surface area contributed by atoms with Crippen molar-refractivity contribution in [2.24, 2.45) is 0 Å². The molecule has 0 heterocycles. The molecule has 0 atom stereocenters. The average Bonchev–Trinajstić information content (AvgIpc) is 1.97. The largest absolute Gasteiger partial charge is 0.396 e. The lowest BCUT2D eigenvalue weighted by Gasteiger charge is -2.03. The number of benzene rings is 1. The standard InChI is InChI=1S/C7H6F2IN/c1-3-2-4(11)5(8)6(9)7(3)10/h2H,11H2,1H3. The summed E-state index contributed by atoms with van der Waals surface area (Å²) in [5, 5.41) is 0. The molecule has 0 aromatic heterocycles. The molecule has 4 heteroatoms. The Kier molecular flexibility index (Phi) is 2.31. The number of rotatable bonds is 0. The van der Waals surface area contributed by atoms with E-state index in [1.54, 1.807) is 29.5 Å². The van der Waals surface area contributed by atoms with Crippen molar-refractivity contribution in [1.29, 1.82) is 0 Å². The Bertz CT molecular complexity index is 273. The van der Waals surface area contributed by atoms with Crippen LogP contribution in [0.5, 0.6) is 0 Å². The van der Waals surface area contributed by atoms with Crippen LogP contribution in [0.2, 0.25) is 0 Å². The van der Waals surface area contributed by atoms with E-state index >= 15 is 0 Å². The molecular weight excluding hydrogens is 263 g/mol. The van der Waals surface area contributed by atoms with E-state index in [2.05, 4.69) is 0 Å². The molecule has 0 fully saturated rings. The van der Waals surface area contributed by atoms with Gasteiger partial charge in [-0.25, -0.2) is 8.78 Å². The quantitative estimate of drug-likeness (QED) is 0.437. The summed E-state index contributed by atoms with van der Waals surface area (Å²) < 4.78 is 25.7. The second-order valence-corrected chi connectivity index (χ2v) is 3.30. The highest BCUT2D eigenvalue weighted by Gasteiger charge is 2.11. The van der Waals surface area contributed by atoms with Gasteiger partial charge in [-0.2, -0.15) is 0 Å². The van der Waals surface area contributed by atoms with Gasteiger partial charge < -0.3 is 5.73 Å². The zero-order chi connectivity index (χ0) is 8.59. The monoisotopic (exact) mass is 269 g/mol. The Morgan fingerprint density at radius 3 is 2.45 bits per heavy atom. The Morgan fingerprint density at radius 1 is 1.36 bits per heavy atom. The molecule has 2 N–H and O–H groups in total. The highest BCUT2D eigenvalue weighted by molar-refractivity contribution is 14.1. The Balaban J connectivity index is 3.46. The van der Waals surface area contributed by atoms with E-state index in [-0.39, 0.29) is 9.26 Å². The van der Waals surface area contributed by atoms with Crippen molar-refractivity contribution in [3.05, 3.63) is 26.8 Å². The Hall–Kier alpha value is -0.390. The van der Waals surface area contributed by atoms with Crippen LogP contribution in [-0.4, -0.2) is 0 Å². The van der Waals surface area contributed by atoms with Gasteiger partial charge in [0.2, 0.25) is 0 Å². The number of nitrogens with two attached hydrogens (primary N) is 1. The first-order chi connectivity index (χ1) is 5.04. The molecule has 1 rings (SSSR count). The minimum Gasteiger partial charge on any atom is -0.396 e. The molecule has 11 heavy (non-hydrogen) atoms. The van der Waals surface area contributed by atoms with Crippen LogP contribution in [0.1, 0.15) is 5.56 Å². The van der Waals surface area contributed by atoms with Crippen molar-refractivity contribution in [2.75, 3.05) is 5.73 Å². The fourth-order valence-electron chi connectivity index (χ4n) is 0.756. The van der Waals surface area contributed by atoms with Crippen LogP contribution in [0.25, 0.3) is 0 Å². The lowest BCUT2D eigenvalue weighted by Crippen LogP contribution is -1.98. The van der Waals surface area contributed by atoms with Crippen molar-refractivity contribution in [1.82, 2.24) is 0 Å². The maximum absolute atomic E-state index is 12.8. The van der Waals surface area contributed by atoms with E-state index in [1.807, 2.05) is 0 Å². The summed E-state index contributed by atoms with van der Waals surface area (Å²) in [5.41, 5.74) is 5.69. The average molecular weight is 269 g/mol. The van der Waals surface area contributed by atoms with Crippen molar-refractivity contribution in [3.63, 3.8) is 0 Å². The van der Waals surface area contributed by atoms with Gasteiger partial charge in [0.1, 0.15) is 0 Å². The molecule has 0 aliphatic carbocycles. The van der Waals surface area contributed by atoms with Gasteiger partial charge in [-0.15, -0.1) is 0 Å². The van der Waals surface area contributed by atoms with Crippen LogP contribution >= 0.6 is 22.6 Å². The summed E-state index contributed by atoms with van der Waals surface area (Å²) in [4.78, 5) is 0. The van der Waals surface area contributed by atoms with Crippen LogP contribution in [0.15, 0.2) is 6.07 Å². The van der Waals surface area contributed by atoms with Gasteiger partial charge in [0.15, 0.2) is 11.6 Å². The summed E-state index contributed by atoms with van der Waals surface area (Å²) in [6.07, 6.45) is 0. The van der Waals surface area contributed by atoms with Crippen LogP contribution in [0.4, 0.5) is 14.5 Å². The number of halogens is 3. The fraction of sp³-hybridized carbons (Fsp3) is 0.143. The molecule has 0 saturated heterocycles. The fourth-order valence-corrected chi connectivity index (χ4v) is 1.15. The van der Waals surface area contributed by atoms with Gasteiger partial charge in [0.05, 0.1) is 9.26 Å². The molecule has 1 nitrogen and oxygen atoms in total. The first-order valence-electron chi connectivity index (χ1n) is 2.93. The predicted octanol–water partition coefficient (Wildman–Crippen LogP) is 2.46. The molecule has 0 aliphatic heterocycles. The van der Waals surface area contributed by atoms with Gasteiger partial charge in [-0.1, -0.05) is 0 Å². The predicted molar refractivity (Wildman–Crippen MR) is 48.2 cm³/mol. The minimum absolute atomic E-state index is 0.139. The van der Waals surface area contributed by atoms with Gasteiger partial charge in [0, 0.05) is 0 Å². The van der Waals surface area contributed by atoms with Crippen molar-refractivity contribution < 1.29 is 8.78 Å². The maximum Gasteiger partial charge on any atom is 0.182 e. The highest BCUT2D eigenvalue weighted by Crippen LogP contribution is 2.22. The molecule has 1 aromatic rings. The zero-order valence-corrected chi connectivity index (χ0v) is 7.95. The number of anilines is 1. The zero-order valence-electron chi connectivity index (χ0n) is 5.79. The normalized spacial score (nSPS) is 10.2. The smallest absolute Gasteiger partial charge is 0.182 e. The van der Waals surface area contributed by atoms with E-state index in [4.69, 9.17) is 5.73 Å². The summed E-state index contributed by atoms with van der Waals surface area (Å²) in [6.45, 7) is 1.68. The van der Waals surface area contributed by atoms with E-state index < -0.39 is 11.6 Å². The van der Waals surface area contributed by atoms with Gasteiger partial charge in [-0.05, 0) is 41.1 Å². The lowest BCUT2D eigenvalue weighted by atomic mass is 10.2. The SMILES string of the molecule is Cc1cc(N)c(F)c(F)c1I. The molecule has 0 bridgehead atoms. The van der Waals surface area contributed by atoms with Gasteiger partial charge in [0.25, 0.3) is 0 Å². The van der Waals surface area contributed by atoms with Gasteiger partial charge >= 0.3 is 0 Å². The molecule has 0 aliphatic rings. The second-order valence-electron chi connectivity index (χ2n) is 2.22. The molecule has 0 spiro atoms. The molecule has 0 amide bonds. The Morgan fingerprint density at radius 2 is 1.91 bits per heavy atom. The van der Waals surface area contributed by atoms with E-state index in [0.717, 1.165) is 0 Å². The number of aryl methyl sites for hydroxylation is 1. The van der Waals surface area contributed by atoms with E-state index in [1.165, 1.54) is 6.07 Å². The van der Waals surface area contributed by atoms with Crippen LogP contribution < -0.4 is 5.73 Å². The third-order valence-electron chi connectivity index (χ3n) is 1.36. The molecule has 0 unspecified atom stereocenters. The number of hydrogen-bond acceptors (Lipinski definition) is 1. The first kappa shape index (κ1) is 8.70. The summed E-state index contributed by atoms with van der Waals surface area (Å²) in [7, 11) is 0. The molecule has 0 radical (unpaired) electrons. The van der Waals surface area contributed by atoms with Crippen molar-refractivity contribution in [3.8, 4) is 0 Å². The minimum atomic E-state index is -0.958. The first-order valence-corrected chi connectivity index (χ1v) is 4.01.